The van der Waals surface area contributed by atoms with Crippen LogP contribution < -0.4 is 5.73 Å². The van der Waals surface area contributed by atoms with Crippen molar-refractivity contribution in [2.75, 3.05) is 0 Å². The maximum absolute atomic E-state index is 9.59. The molecule has 0 spiro atoms. The van der Waals surface area contributed by atoms with E-state index in [1.807, 2.05) is 0 Å². The van der Waals surface area contributed by atoms with Crippen LogP contribution >= 0.6 is 0 Å². The highest BCUT2D eigenvalue weighted by molar-refractivity contribution is 5.71. The Morgan fingerprint density at radius 2 is 1.58 bits per heavy atom. The van der Waals surface area contributed by atoms with Gasteiger partial charge in [0.05, 0.1) is 6.26 Å². The van der Waals surface area contributed by atoms with Crippen LogP contribution in [-0.2, 0) is 9.59 Å². The molecule has 68 valence electrons. The minimum atomic E-state index is 0.343. The molecule has 0 saturated heterocycles. The maximum atomic E-state index is 9.59. The van der Waals surface area contributed by atoms with Gasteiger partial charge in [-0.15, -0.1) is 0 Å². The Hall–Kier alpha value is -1.58. The zero-order valence-electron chi connectivity index (χ0n) is 7.15. The quantitative estimate of drug-likeness (QED) is 0.364. The summed E-state index contributed by atoms with van der Waals surface area (Å²) in [5.74, 6) is 0. The van der Waals surface area contributed by atoms with Crippen LogP contribution in [0.1, 0.15) is 13.8 Å². The van der Waals surface area contributed by atoms with Crippen molar-refractivity contribution in [2.45, 2.75) is 13.8 Å². The molecule has 0 aromatic carbocycles. The largest absolute Gasteiger partial charge is 0.515 e. The zero-order chi connectivity index (χ0) is 9.98. The first-order chi connectivity index (χ1) is 5.62. The van der Waals surface area contributed by atoms with Gasteiger partial charge in [-0.1, -0.05) is 0 Å². The van der Waals surface area contributed by atoms with Crippen molar-refractivity contribution < 1.29 is 14.7 Å². The molecule has 4 heteroatoms. The molecule has 0 bridgehead atoms. The summed E-state index contributed by atoms with van der Waals surface area (Å²) in [6.45, 7) is 3.17. The predicted molar refractivity (Wildman–Crippen MR) is 46.5 cm³/mol. The van der Waals surface area contributed by atoms with Gasteiger partial charge in [0.1, 0.15) is 12.6 Å². The van der Waals surface area contributed by atoms with Crippen LogP contribution in [0.25, 0.3) is 0 Å². The summed E-state index contributed by atoms with van der Waals surface area (Å²) < 4.78 is 0. The number of aliphatic hydroxyl groups is 1. The second kappa shape index (κ2) is 9.42. The van der Waals surface area contributed by atoms with Gasteiger partial charge in [-0.25, -0.2) is 0 Å². The molecule has 3 N–H and O–H groups in total. The van der Waals surface area contributed by atoms with Crippen molar-refractivity contribution in [2.24, 2.45) is 5.73 Å². The van der Waals surface area contributed by atoms with Gasteiger partial charge in [-0.05, 0) is 13.8 Å². The fourth-order valence-electron chi connectivity index (χ4n) is 0.0697. The number of nitrogens with two attached hydrogens (primary N) is 1. The van der Waals surface area contributed by atoms with E-state index in [2.05, 4.69) is 0 Å². The van der Waals surface area contributed by atoms with Gasteiger partial charge in [0.25, 0.3) is 0 Å². The van der Waals surface area contributed by atoms with Crippen LogP contribution in [0.4, 0.5) is 0 Å². The van der Waals surface area contributed by atoms with Gasteiger partial charge in [0.15, 0.2) is 0 Å². The first-order valence-electron chi connectivity index (χ1n) is 3.22. The molecule has 0 fully saturated rings. The van der Waals surface area contributed by atoms with Crippen molar-refractivity contribution in [3.63, 3.8) is 0 Å². The van der Waals surface area contributed by atoms with E-state index >= 15 is 0 Å². The van der Waals surface area contributed by atoms with E-state index in [0.717, 1.165) is 6.26 Å². The molecule has 0 aromatic heterocycles. The minimum Gasteiger partial charge on any atom is -0.515 e. The van der Waals surface area contributed by atoms with Crippen molar-refractivity contribution in [3.8, 4) is 0 Å². The third-order valence-corrected chi connectivity index (χ3v) is 0.838. The summed E-state index contributed by atoms with van der Waals surface area (Å²) in [6, 6.07) is 0. The Morgan fingerprint density at radius 1 is 1.17 bits per heavy atom. The second-order valence-corrected chi connectivity index (χ2v) is 2.02. The zero-order valence-corrected chi connectivity index (χ0v) is 7.15. The van der Waals surface area contributed by atoms with Crippen LogP contribution in [-0.4, -0.2) is 17.7 Å². The van der Waals surface area contributed by atoms with E-state index in [1.54, 1.807) is 6.92 Å². The number of rotatable bonds is 2. The maximum Gasteiger partial charge on any atom is 0.148 e. The topological polar surface area (TPSA) is 80.4 Å². The molecule has 0 amide bonds. The molecule has 12 heavy (non-hydrogen) atoms. The first kappa shape index (κ1) is 13.0. The predicted octanol–water partition coefficient (Wildman–Crippen LogP) is 0.695. The number of allylic oxidation sites excluding steroid dienone is 2. The third kappa shape index (κ3) is 11.2. The lowest BCUT2D eigenvalue weighted by Crippen LogP contribution is -1.83. The van der Waals surface area contributed by atoms with Gasteiger partial charge >= 0.3 is 0 Å². The minimum absolute atomic E-state index is 0.343. The summed E-state index contributed by atoms with van der Waals surface area (Å²) in [4.78, 5) is 19.1. The molecule has 0 aliphatic carbocycles. The van der Waals surface area contributed by atoms with Gasteiger partial charge in [0.2, 0.25) is 0 Å². The highest BCUT2D eigenvalue weighted by atomic mass is 16.2. The molecule has 0 aliphatic rings. The van der Waals surface area contributed by atoms with E-state index in [4.69, 9.17) is 10.8 Å². The lowest BCUT2D eigenvalue weighted by Gasteiger charge is -1.74. The van der Waals surface area contributed by atoms with Crippen LogP contribution in [0, 0.1) is 0 Å². The van der Waals surface area contributed by atoms with E-state index in [9.17, 15) is 9.59 Å². The number of carbonyl (C=O) groups is 2. The molecule has 0 unspecified atom stereocenters. The SMILES string of the molecule is C/C(C=O)=C\N.C/C(C=O)=C\O. The summed E-state index contributed by atoms with van der Waals surface area (Å²) in [7, 11) is 0. The van der Waals surface area contributed by atoms with E-state index in [1.165, 1.54) is 13.1 Å². The molecular weight excluding hydrogens is 158 g/mol. The monoisotopic (exact) mass is 171 g/mol. The van der Waals surface area contributed by atoms with E-state index in [-0.39, 0.29) is 0 Å². The van der Waals surface area contributed by atoms with Crippen LogP contribution in [0.3, 0.4) is 0 Å². The molecule has 0 atom stereocenters. The molecule has 0 radical (unpaired) electrons. The molecule has 4 nitrogen and oxygen atoms in total. The van der Waals surface area contributed by atoms with Gasteiger partial charge < -0.3 is 10.8 Å². The number of aldehydes is 2. The Labute approximate surface area is 71.4 Å². The standard InChI is InChI=1S/C4H7NO.C4H6O2/c2*1-4(2-5)3-6/h2-3H,5H2,1H3;2-3,5H,1H3/b2*4-2+. The molecule has 0 aromatic rings. The third-order valence-electron chi connectivity index (χ3n) is 0.838. The van der Waals surface area contributed by atoms with E-state index < -0.39 is 0 Å². The summed E-state index contributed by atoms with van der Waals surface area (Å²) in [5.41, 5.74) is 5.80. The Bertz CT molecular complexity index is 172. The fourth-order valence-corrected chi connectivity index (χ4v) is 0.0697. The summed E-state index contributed by atoms with van der Waals surface area (Å²) >= 11 is 0. The summed E-state index contributed by atoms with van der Waals surface area (Å²) in [5, 5.41) is 7.94. The number of carbonyl (C=O) groups excluding carboxylic acids is 2. The smallest absolute Gasteiger partial charge is 0.148 e. The van der Waals surface area contributed by atoms with E-state index in [0.29, 0.717) is 23.7 Å². The fraction of sp³-hybridized carbons (Fsp3) is 0.250. The lowest BCUT2D eigenvalue weighted by atomic mass is 10.4. The van der Waals surface area contributed by atoms with Crippen LogP contribution in [0.15, 0.2) is 23.6 Å². The average Bonchev–Trinajstić information content (AvgIpc) is 2.16. The number of hydrogen-bond acceptors (Lipinski definition) is 4. The van der Waals surface area contributed by atoms with Gasteiger partial charge in [-0.2, -0.15) is 0 Å². The molecule has 0 rings (SSSR count). The highest BCUT2D eigenvalue weighted by Gasteiger charge is 1.74. The Morgan fingerprint density at radius 3 is 1.58 bits per heavy atom. The Kier molecular flexibility index (Phi) is 10.2. The lowest BCUT2D eigenvalue weighted by molar-refractivity contribution is -0.105. The van der Waals surface area contributed by atoms with Crippen molar-refractivity contribution in [1.29, 1.82) is 0 Å². The molecular formula is C8H13NO3. The molecule has 0 aliphatic heterocycles. The number of hydrogen-bond donors (Lipinski definition) is 2. The first-order valence-corrected chi connectivity index (χ1v) is 3.22. The highest BCUT2D eigenvalue weighted by Crippen LogP contribution is 1.77. The molecule has 0 heterocycles. The number of aliphatic hydroxyl groups excluding tert-OH is 1. The second-order valence-electron chi connectivity index (χ2n) is 2.02. The van der Waals surface area contributed by atoms with Crippen molar-refractivity contribution in [3.05, 3.63) is 23.6 Å². The molecule has 0 saturated carbocycles. The van der Waals surface area contributed by atoms with Gasteiger partial charge in [-0.3, -0.25) is 9.59 Å². The Balaban J connectivity index is 0. The van der Waals surface area contributed by atoms with Crippen molar-refractivity contribution >= 4 is 12.6 Å². The average molecular weight is 171 g/mol. The van der Waals surface area contributed by atoms with Crippen molar-refractivity contribution in [1.82, 2.24) is 0 Å². The van der Waals surface area contributed by atoms with Crippen LogP contribution in [0.2, 0.25) is 0 Å². The van der Waals surface area contributed by atoms with Crippen LogP contribution in [0.5, 0.6) is 0 Å². The van der Waals surface area contributed by atoms with Gasteiger partial charge in [0, 0.05) is 17.3 Å². The summed E-state index contributed by atoms with van der Waals surface area (Å²) in [6.07, 6.45) is 3.33. The normalized spacial score (nSPS) is 11.2.